The van der Waals surface area contributed by atoms with E-state index in [1.165, 1.54) is 0 Å². The van der Waals surface area contributed by atoms with Gasteiger partial charge in [-0.15, -0.1) is 24.8 Å². The summed E-state index contributed by atoms with van der Waals surface area (Å²) in [6.45, 7) is 8.30. The molecule has 2 N–H and O–H groups in total. The van der Waals surface area contributed by atoms with Crippen LogP contribution in [0.2, 0.25) is 0 Å². The molecule has 2 aromatic rings. The van der Waals surface area contributed by atoms with E-state index in [-0.39, 0.29) is 36.1 Å². The lowest BCUT2D eigenvalue weighted by Crippen LogP contribution is -2.47. The van der Waals surface area contributed by atoms with Crippen molar-refractivity contribution in [1.82, 2.24) is 25.4 Å². The zero-order chi connectivity index (χ0) is 18.6. The summed E-state index contributed by atoms with van der Waals surface area (Å²) in [7, 11) is 1.72. The van der Waals surface area contributed by atoms with E-state index in [4.69, 9.17) is 4.74 Å². The highest BCUT2D eigenvalue weighted by Crippen LogP contribution is 2.28. The zero-order valence-corrected chi connectivity index (χ0v) is 18.4. The molecule has 28 heavy (non-hydrogen) atoms. The van der Waals surface area contributed by atoms with Gasteiger partial charge in [0.25, 0.3) is 5.91 Å². The molecule has 0 aromatic carbocycles. The van der Waals surface area contributed by atoms with E-state index in [1.54, 1.807) is 19.5 Å². The molecule has 1 saturated heterocycles. The molecule has 158 valence electrons. The largest absolute Gasteiger partial charge is 0.384 e. The molecule has 1 fully saturated rings. The molecule has 0 spiro atoms. The lowest BCUT2D eigenvalue weighted by Gasteiger charge is -2.37. The summed E-state index contributed by atoms with van der Waals surface area (Å²) in [6, 6.07) is 1.87. The topological polar surface area (TPSA) is 81.1 Å². The summed E-state index contributed by atoms with van der Waals surface area (Å²) in [5, 5.41) is 11.7. The van der Waals surface area contributed by atoms with Crippen molar-refractivity contribution in [2.75, 3.05) is 33.4 Å². The van der Waals surface area contributed by atoms with Gasteiger partial charge in [-0.1, -0.05) is 13.8 Å². The number of carbonyl (C=O) groups is 1. The molecule has 0 atom stereocenters. The second kappa shape index (κ2) is 11.0. The first kappa shape index (κ1) is 24.6. The van der Waals surface area contributed by atoms with Crippen LogP contribution in [0.25, 0.3) is 11.0 Å². The molecular weight excluding hydrogens is 401 g/mol. The third kappa shape index (κ3) is 5.80. The van der Waals surface area contributed by atoms with Gasteiger partial charge in [-0.2, -0.15) is 5.10 Å². The number of fused-ring (bicyclic) bond motifs is 1. The normalized spacial score (nSPS) is 15.7. The monoisotopic (exact) mass is 431 g/mol. The summed E-state index contributed by atoms with van der Waals surface area (Å²) in [4.78, 5) is 17.1. The fourth-order valence-electron chi connectivity index (χ4n) is 3.58. The van der Waals surface area contributed by atoms with Crippen molar-refractivity contribution in [1.29, 1.82) is 0 Å². The SMILES string of the molecule is COCC1(CNC(=O)c2cnc3c(cnn3CC(C)C)c2)CCNCC1.Cl.Cl. The number of aromatic nitrogens is 3. The minimum Gasteiger partial charge on any atom is -0.384 e. The number of halogens is 2. The van der Waals surface area contributed by atoms with Gasteiger partial charge in [0, 0.05) is 37.2 Å². The van der Waals surface area contributed by atoms with Crippen molar-refractivity contribution in [3.05, 3.63) is 24.0 Å². The van der Waals surface area contributed by atoms with Gasteiger partial charge in [-0.05, 0) is 37.9 Å². The van der Waals surface area contributed by atoms with Gasteiger partial charge >= 0.3 is 0 Å². The van der Waals surface area contributed by atoms with Gasteiger partial charge in [0.1, 0.15) is 0 Å². The minimum atomic E-state index is -0.0926. The van der Waals surface area contributed by atoms with Crippen LogP contribution in [0.3, 0.4) is 0 Å². The van der Waals surface area contributed by atoms with Crippen LogP contribution in [0.15, 0.2) is 18.5 Å². The second-order valence-electron chi connectivity index (χ2n) is 7.72. The molecule has 9 heteroatoms. The number of nitrogens with one attached hydrogen (secondary N) is 2. The van der Waals surface area contributed by atoms with Gasteiger partial charge in [0.05, 0.1) is 18.4 Å². The zero-order valence-electron chi connectivity index (χ0n) is 16.7. The molecule has 2 aromatic heterocycles. The molecule has 1 aliphatic heterocycles. The number of ether oxygens (including phenoxy) is 1. The number of nitrogens with zero attached hydrogens (tertiary/aromatic N) is 3. The predicted octanol–water partition coefficient (Wildman–Crippen LogP) is 2.68. The Kier molecular flexibility index (Phi) is 9.63. The number of methoxy groups -OCH3 is 1. The summed E-state index contributed by atoms with van der Waals surface area (Å²) in [6.07, 6.45) is 5.42. The number of amides is 1. The standard InChI is InChI=1S/C19H29N5O2.2ClH/c1-14(2)11-24-17-15(10-23-24)8-16(9-21-17)18(25)22-12-19(13-26-3)4-6-20-7-5-19;;/h8-10,14,20H,4-7,11-13H2,1-3H3,(H,22,25);2*1H. The molecule has 3 rings (SSSR count). The molecule has 0 unspecified atom stereocenters. The predicted molar refractivity (Wildman–Crippen MR) is 116 cm³/mol. The second-order valence-corrected chi connectivity index (χ2v) is 7.72. The van der Waals surface area contributed by atoms with E-state index >= 15 is 0 Å². The molecule has 0 aliphatic carbocycles. The third-order valence-electron chi connectivity index (χ3n) is 5.01. The molecule has 0 radical (unpaired) electrons. The third-order valence-corrected chi connectivity index (χ3v) is 5.01. The van der Waals surface area contributed by atoms with Crippen molar-refractivity contribution in [3.8, 4) is 0 Å². The minimum absolute atomic E-state index is 0. The Morgan fingerprint density at radius 3 is 2.68 bits per heavy atom. The quantitative estimate of drug-likeness (QED) is 0.703. The Bertz CT molecular complexity index is 754. The van der Waals surface area contributed by atoms with Gasteiger partial charge in [-0.3, -0.25) is 4.79 Å². The van der Waals surface area contributed by atoms with Crippen LogP contribution in [0.1, 0.15) is 37.0 Å². The summed E-state index contributed by atoms with van der Waals surface area (Å²) >= 11 is 0. The van der Waals surface area contributed by atoms with E-state index < -0.39 is 0 Å². The number of hydrogen-bond acceptors (Lipinski definition) is 5. The molecule has 0 saturated carbocycles. The Hall–Kier alpha value is -1.41. The van der Waals surface area contributed by atoms with Gasteiger partial charge < -0.3 is 15.4 Å². The molecule has 1 amide bonds. The Labute approximate surface area is 178 Å². The first-order chi connectivity index (χ1) is 12.5. The van der Waals surface area contributed by atoms with Crippen LogP contribution in [0, 0.1) is 11.3 Å². The number of pyridine rings is 1. The maximum absolute atomic E-state index is 12.6. The number of carbonyl (C=O) groups excluding carboxylic acids is 1. The number of piperidine rings is 1. The van der Waals surface area contributed by atoms with Crippen LogP contribution in [0.5, 0.6) is 0 Å². The molecular formula is C19H31Cl2N5O2. The Morgan fingerprint density at radius 1 is 1.32 bits per heavy atom. The van der Waals surface area contributed by atoms with Crippen LogP contribution in [0.4, 0.5) is 0 Å². The smallest absolute Gasteiger partial charge is 0.252 e. The van der Waals surface area contributed by atoms with Crippen molar-refractivity contribution < 1.29 is 9.53 Å². The first-order valence-corrected chi connectivity index (χ1v) is 9.32. The molecule has 0 bridgehead atoms. The summed E-state index contributed by atoms with van der Waals surface area (Å²) < 4.78 is 7.31. The van der Waals surface area contributed by atoms with Crippen molar-refractivity contribution >= 4 is 41.8 Å². The lowest BCUT2D eigenvalue weighted by atomic mass is 9.79. The van der Waals surface area contributed by atoms with Crippen LogP contribution in [-0.4, -0.2) is 54.0 Å². The fourth-order valence-corrected chi connectivity index (χ4v) is 3.58. The number of rotatable bonds is 7. The molecule has 3 heterocycles. The van der Waals surface area contributed by atoms with Crippen molar-refractivity contribution in [3.63, 3.8) is 0 Å². The van der Waals surface area contributed by atoms with Gasteiger partial charge in [-0.25, -0.2) is 9.67 Å². The van der Waals surface area contributed by atoms with E-state index in [9.17, 15) is 4.79 Å². The average Bonchev–Trinajstić information content (AvgIpc) is 3.02. The molecule has 7 nitrogen and oxygen atoms in total. The fraction of sp³-hybridized carbons (Fsp3) is 0.632. The van der Waals surface area contributed by atoms with E-state index in [0.717, 1.165) is 43.5 Å². The molecule has 1 aliphatic rings. The van der Waals surface area contributed by atoms with E-state index in [1.807, 2.05) is 10.7 Å². The van der Waals surface area contributed by atoms with Crippen LogP contribution in [-0.2, 0) is 11.3 Å². The van der Waals surface area contributed by atoms with E-state index in [0.29, 0.717) is 24.6 Å². The van der Waals surface area contributed by atoms with Gasteiger partial charge in [0.15, 0.2) is 5.65 Å². The Morgan fingerprint density at radius 2 is 2.04 bits per heavy atom. The highest BCUT2D eigenvalue weighted by atomic mass is 35.5. The number of hydrogen-bond donors (Lipinski definition) is 2. The Balaban J connectivity index is 0.00000196. The maximum Gasteiger partial charge on any atom is 0.252 e. The highest BCUT2D eigenvalue weighted by Gasteiger charge is 2.32. The first-order valence-electron chi connectivity index (χ1n) is 9.32. The van der Waals surface area contributed by atoms with Crippen LogP contribution >= 0.6 is 24.8 Å². The summed E-state index contributed by atoms with van der Waals surface area (Å²) in [5.41, 5.74) is 1.41. The van der Waals surface area contributed by atoms with Crippen molar-refractivity contribution in [2.24, 2.45) is 11.3 Å². The maximum atomic E-state index is 12.6. The van der Waals surface area contributed by atoms with E-state index in [2.05, 4.69) is 34.6 Å². The van der Waals surface area contributed by atoms with Crippen LogP contribution < -0.4 is 10.6 Å². The summed E-state index contributed by atoms with van der Waals surface area (Å²) in [5.74, 6) is 0.398. The lowest BCUT2D eigenvalue weighted by molar-refractivity contribution is 0.0511. The van der Waals surface area contributed by atoms with Gasteiger partial charge in [0.2, 0.25) is 0 Å². The average molecular weight is 432 g/mol. The highest BCUT2D eigenvalue weighted by molar-refractivity contribution is 5.96. The van der Waals surface area contributed by atoms with Crippen molar-refractivity contribution in [2.45, 2.75) is 33.2 Å².